The fourth-order valence-electron chi connectivity index (χ4n) is 2.06. The summed E-state index contributed by atoms with van der Waals surface area (Å²) in [4.78, 5) is 14.0. The zero-order valence-corrected chi connectivity index (χ0v) is 9.77. The highest BCUT2D eigenvalue weighted by atomic mass is 16.5. The first-order valence-corrected chi connectivity index (χ1v) is 5.64. The molecule has 0 radical (unpaired) electrons. The molecule has 0 spiro atoms. The molecule has 3 nitrogen and oxygen atoms in total. The van der Waals surface area contributed by atoms with Crippen LogP contribution >= 0.6 is 0 Å². The molecule has 1 unspecified atom stereocenters. The monoisotopic (exact) mass is 219 g/mol. The number of hydrogen-bond donors (Lipinski definition) is 0. The largest absolute Gasteiger partial charge is 0.497 e. The van der Waals surface area contributed by atoms with Gasteiger partial charge in [-0.05, 0) is 30.5 Å². The summed E-state index contributed by atoms with van der Waals surface area (Å²) in [6.45, 7) is 3.92. The summed E-state index contributed by atoms with van der Waals surface area (Å²) < 4.78 is 5.12. The lowest BCUT2D eigenvalue weighted by atomic mass is 10.1. The van der Waals surface area contributed by atoms with Crippen LogP contribution in [0, 0.1) is 5.92 Å². The Hall–Kier alpha value is -1.51. The van der Waals surface area contributed by atoms with Crippen molar-refractivity contribution in [1.82, 2.24) is 4.90 Å². The lowest BCUT2D eigenvalue weighted by Crippen LogP contribution is -2.28. The average molecular weight is 219 g/mol. The molecule has 1 aromatic carbocycles. The van der Waals surface area contributed by atoms with Gasteiger partial charge in [0, 0.05) is 18.7 Å². The van der Waals surface area contributed by atoms with Crippen LogP contribution in [0.2, 0.25) is 0 Å². The predicted molar refractivity (Wildman–Crippen MR) is 62.7 cm³/mol. The number of amides is 1. The van der Waals surface area contributed by atoms with E-state index in [-0.39, 0.29) is 5.91 Å². The maximum absolute atomic E-state index is 12.1. The molecule has 1 saturated heterocycles. The SMILES string of the molecule is COc1cccc(C(=O)N2CCC(C)C2)c1. The summed E-state index contributed by atoms with van der Waals surface area (Å²) in [7, 11) is 1.61. The number of nitrogens with zero attached hydrogens (tertiary/aromatic N) is 1. The summed E-state index contributed by atoms with van der Waals surface area (Å²) in [6, 6.07) is 7.34. The topological polar surface area (TPSA) is 29.5 Å². The number of carbonyl (C=O) groups is 1. The van der Waals surface area contributed by atoms with Gasteiger partial charge in [-0.1, -0.05) is 13.0 Å². The smallest absolute Gasteiger partial charge is 0.253 e. The van der Waals surface area contributed by atoms with Crippen molar-refractivity contribution in [3.63, 3.8) is 0 Å². The number of likely N-dealkylation sites (tertiary alicyclic amines) is 1. The van der Waals surface area contributed by atoms with Crippen molar-refractivity contribution < 1.29 is 9.53 Å². The van der Waals surface area contributed by atoms with Crippen LogP contribution < -0.4 is 4.74 Å². The second kappa shape index (κ2) is 4.56. The third kappa shape index (κ3) is 2.18. The number of methoxy groups -OCH3 is 1. The van der Waals surface area contributed by atoms with Crippen LogP contribution in [0.5, 0.6) is 5.75 Å². The van der Waals surface area contributed by atoms with Crippen LogP contribution in [0.1, 0.15) is 23.7 Å². The van der Waals surface area contributed by atoms with Crippen molar-refractivity contribution in [3.8, 4) is 5.75 Å². The highest BCUT2D eigenvalue weighted by molar-refractivity contribution is 5.94. The van der Waals surface area contributed by atoms with Crippen molar-refractivity contribution in [2.45, 2.75) is 13.3 Å². The molecule has 16 heavy (non-hydrogen) atoms. The zero-order valence-electron chi connectivity index (χ0n) is 9.77. The molecule has 1 aromatic rings. The Labute approximate surface area is 96.0 Å². The van der Waals surface area contributed by atoms with E-state index < -0.39 is 0 Å². The molecule has 86 valence electrons. The second-order valence-electron chi connectivity index (χ2n) is 4.38. The van der Waals surface area contributed by atoms with Crippen LogP contribution in [0.25, 0.3) is 0 Å². The van der Waals surface area contributed by atoms with Gasteiger partial charge in [-0.3, -0.25) is 4.79 Å². The first-order valence-electron chi connectivity index (χ1n) is 5.64. The van der Waals surface area contributed by atoms with E-state index in [9.17, 15) is 4.79 Å². The van der Waals surface area contributed by atoms with E-state index in [4.69, 9.17) is 4.74 Å². The van der Waals surface area contributed by atoms with E-state index in [1.165, 1.54) is 0 Å². The van der Waals surface area contributed by atoms with Crippen molar-refractivity contribution in [2.24, 2.45) is 5.92 Å². The van der Waals surface area contributed by atoms with Gasteiger partial charge in [-0.2, -0.15) is 0 Å². The van der Waals surface area contributed by atoms with Gasteiger partial charge >= 0.3 is 0 Å². The number of benzene rings is 1. The lowest BCUT2D eigenvalue weighted by Gasteiger charge is -2.16. The van der Waals surface area contributed by atoms with Gasteiger partial charge in [-0.15, -0.1) is 0 Å². The summed E-state index contributed by atoms with van der Waals surface area (Å²) in [6.07, 6.45) is 1.11. The number of ether oxygens (including phenoxy) is 1. The fraction of sp³-hybridized carbons (Fsp3) is 0.462. The third-order valence-electron chi connectivity index (χ3n) is 3.03. The maximum atomic E-state index is 12.1. The van der Waals surface area contributed by atoms with Crippen LogP contribution in [0.15, 0.2) is 24.3 Å². The molecule has 1 heterocycles. The van der Waals surface area contributed by atoms with Gasteiger partial charge in [0.2, 0.25) is 0 Å². The van der Waals surface area contributed by atoms with Crippen LogP contribution in [0.4, 0.5) is 0 Å². The van der Waals surface area contributed by atoms with Crippen molar-refractivity contribution in [3.05, 3.63) is 29.8 Å². The predicted octanol–water partition coefficient (Wildman–Crippen LogP) is 2.18. The van der Waals surface area contributed by atoms with E-state index in [1.807, 2.05) is 23.1 Å². The Bertz CT molecular complexity index is 389. The van der Waals surface area contributed by atoms with Crippen molar-refractivity contribution >= 4 is 5.91 Å². The van der Waals surface area contributed by atoms with E-state index in [1.54, 1.807) is 13.2 Å². The molecule has 1 atom stereocenters. The Kier molecular flexibility index (Phi) is 3.13. The zero-order chi connectivity index (χ0) is 11.5. The second-order valence-corrected chi connectivity index (χ2v) is 4.38. The van der Waals surface area contributed by atoms with Crippen molar-refractivity contribution in [1.29, 1.82) is 0 Å². The van der Waals surface area contributed by atoms with Crippen LogP contribution in [-0.2, 0) is 0 Å². The molecule has 0 aromatic heterocycles. The summed E-state index contributed by atoms with van der Waals surface area (Å²) in [5.74, 6) is 1.47. The molecular formula is C13H17NO2. The van der Waals surface area contributed by atoms with E-state index in [0.29, 0.717) is 11.5 Å². The molecule has 1 amide bonds. The van der Waals surface area contributed by atoms with Crippen LogP contribution in [0.3, 0.4) is 0 Å². The Balaban J connectivity index is 2.14. The average Bonchev–Trinajstić information content (AvgIpc) is 2.75. The molecule has 0 N–H and O–H groups in total. The highest BCUT2D eigenvalue weighted by Crippen LogP contribution is 2.20. The molecule has 0 bridgehead atoms. The number of carbonyl (C=O) groups excluding carboxylic acids is 1. The summed E-state index contributed by atoms with van der Waals surface area (Å²) in [5.41, 5.74) is 0.716. The quantitative estimate of drug-likeness (QED) is 0.763. The van der Waals surface area contributed by atoms with Gasteiger partial charge in [0.25, 0.3) is 5.91 Å². The van der Waals surface area contributed by atoms with E-state index >= 15 is 0 Å². The van der Waals surface area contributed by atoms with Gasteiger partial charge in [-0.25, -0.2) is 0 Å². The van der Waals surface area contributed by atoms with Crippen LogP contribution in [-0.4, -0.2) is 31.0 Å². The Morgan fingerprint density at radius 3 is 2.94 bits per heavy atom. The normalized spacial score (nSPS) is 19.9. The lowest BCUT2D eigenvalue weighted by molar-refractivity contribution is 0.0787. The minimum Gasteiger partial charge on any atom is -0.497 e. The molecule has 1 fully saturated rings. The van der Waals surface area contributed by atoms with Gasteiger partial charge in [0.05, 0.1) is 7.11 Å². The Morgan fingerprint density at radius 2 is 2.31 bits per heavy atom. The molecule has 2 rings (SSSR count). The molecule has 1 aliphatic rings. The first kappa shape index (κ1) is 11.0. The Morgan fingerprint density at radius 1 is 1.50 bits per heavy atom. The van der Waals surface area contributed by atoms with Crippen molar-refractivity contribution in [2.75, 3.05) is 20.2 Å². The minimum absolute atomic E-state index is 0.114. The number of hydrogen-bond acceptors (Lipinski definition) is 2. The molecular weight excluding hydrogens is 202 g/mol. The van der Waals surface area contributed by atoms with Gasteiger partial charge < -0.3 is 9.64 Å². The maximum Gasteiger partial charge on any atom is 0.253 e. The molecule has 3 heteroatoms. The third-order valence-corrected chi connectivity index (χ3v) is 3.03. The minimum atomic E-state index is 0.114. The van der Waals surface area contributed by atoms with E-state index in [0.717, 1.165) is 25.3 Å². The number of rotatable bonds is 2. The molecule has 1 aliphatic heterocycles. The molecule has 0 saturated carbocycles. The van der Waals surface area contributed by atoms with Gasteiger partial charge in [0.15, 0.2) is 0 Å². The van der Waals surface area contributed by atoms with Gasteiger partial charge in [0.1, 0.15) is 5.75 Å². The van der Waals surface area contributed by atoms with E-state index in [2.05, 4.69) is 6.92 Å². The molecule has 0 aliphatic carbocycles. The fourth-order valence-corrected chi connectivity index (χ4v) is 2.06. The highest BCUT2D eigenvalue weighted by Gasteiger charge is 2.24. The standard InChI is InChI=1S/C13H17NO2/c1-10-6-7-14(9-10)13(15)11-4-3-5-12(8-11)16-2/h3-5,8,10H,6-7,9H2,1-2H3. The summed E-state index contributed by atoms with van der Waals surface area (Å²) in [5, 5.41) is 0. The summed E-state index contributed by atoms with van der Waals surface area (Å²) >= 11 is 0. The first-order chi connectivity index (χ1) is 7.70.